The molecule has 3 heteroatoms. The molecule has 0 fully saturated rings. The average Bonchev–Trinajstić information content (AvgIpc) is 2.70. The van der Waals surface area contributed by atoms with Crippen molar-refractivity contribution in [3.8, 4) is 5.69 Å². The fourth-order valence-electron chi connectivity index (χ4n) is 2.26. The van der Waals surface area contributed by atoms with Crippen molar-refractivity contribution >= 4 is 16.7 Å². The summed E-state index contributed by atoms with van der Waals surface area (Å²) >= 11 is 0. The number of nitrogens with zero attached hydrogens (tertiary/aromatic N) is 2. The van der Waals surface area contributed by atoms with E-state index in [-0.39, 0.29) is 0 Å². The zero-order valence-corrected chi connectivity index (χ0v) is 10.5. The van der Waals surface area contributed by atoms with Gasteiger partial charge in [-0.2, -0.15) is 0 Å². The monoisotopic (exact) mass is 237 g/mol. The van der Waals surface area contributed by atoms with Crippen molar-refractivity contribution in [3.05, 3.63) is 53.9 Å². The van der Waals surface area contributed by atoms with Crippen LogP contribution in [-0.4, -0.2) is 9.55 Å². The summed E-state index contributed by atoms with van der Waals surface area (Å²) in [5, 5.41) is 0. The lowest BCUT2D eigenvalue weighted by molar-refractivity contribution is 1.09. The summed E-state index contributed by atoms with van der Waals surface area (Å²) in [5.41, 5.74) is 12.2. The summed E-state index contributed by atoms with van der Waals surface area (Å²) in [6.45, 7) is 4.12. The Balaban J connectivity index is 2.25. The Bertz CT molecular complexity index is 705. The van der Waals surface area contributed by atoms with E-state index in [0.29, 0.717) is 0 Å². The molecule has 0 spiro atoms. The maximum Gasteiger partial charge on any atom is 0.100 e. The number of hydrogen-bond donors (Lipinski definition) is 1. The lowest BCUT2D eigenvalue weighted by atomic mass is 10.2. The van der Waals surface area contributed by atoms with Crippen molar-refractivity contribution in [2.24, 2.45) is 0 Å². The average molecular weight is 237 g/mol. The number of fused-ring (bicyclic) bond motifs is 1. The van der Waals surface area contributed by atoms with E-state index in [1.165, 1.54) is 5.56 Å². The largest absolute Gasteiger partial charge is 0.399 e. The van der Waals surface area contributed by atoms with Crippen LogP contribution in [0.4, 0.5) is 5.69 Å². The van der Waals surface area contributed by atoms with Crippen LogP contribution in [0.3, 0.4) is 0 Å². The van der Waals surface area contributed by atoms with E-state index in [1.807, 2.05) is 25.4 Å². The van der Waals surface area contributed by atoms with Crippen LogP contribution in [0.25, 0.3) is 16.7 Å². The maximum absolute atomic E-state index is 5.90. The molecule has 2 N–H and O–H groups in total. The Morgan fingerprint density at radius 1 is 1.00 bits per heavy atom. The van der Waals surface area contributed by atoms with Crippen LogP contribution in [0, 0.1) is 13.8 Å². The van der Waals surface area contributed by atoms with Gasteiger partial charge in [0.05, 0.1) is 11.0 Å². The molecule has 3 rings (SSSR count). The molecule has 0 saturated heterocycles. The van der Waals surface area contributed by atoms with Gasteiger partial charge in [0.25, 0.3) is 0 Å². The second-order valence-electron chi connectivity index (χ2n) is 4.71. The number of imidazole rings is 1. The number of rotatable bonds is 1. The lowest BCUT2D eigenvalue weighted by Crippen LogP contribution is -1.95. The Morgan fingerprint density at radius 2 is 1.83 bits per heavy atom. The molecule has 0 amide bonds. The molecule has 0 atom stereocenters. The van der Waals surface area contributed by atoms with Crippen LogP contribution in [-0.2, 0) is 0 Å². The van der Waals surface area contributed by atoms with Gasteiger partial charge in [-0.3, -0.25) is 4.57 Å². The summed E-state index contributed by atoms with van der Waals surface area (Å²) in [4.78, 5) is 4.44. The second kappa shape index (κ2) is 3.88. The maximum atomic E-state index is 5.90. The smallest absolute Gasteiger partial charge is 0.100 e. The first kappa shape index (κ1) is 10.8. The molecule has 18 heavy (non-hydrogen) atoms. The number of nitrogen functional groups attached to an aromatic ring is 1. The molecule has 0 aliphatic heterocycles. The van der Waals surface area contributed by atoms with Gasteiger partial charge < -0.3 is 5.73 Å². The standard InChI is InChI=1S/C15H15N3/c1-10-3-4-15-14(7-10)17-9-18(15)13-6-11(2)5-12(16)8-13/h3-9H,16H2,1-2H3. The molecule has 0 unspecified atom stereocenters. The first-order chi connectivity index (χ1) is 8.63. The van der Waals surface area contributed by atoms with Gasteiger partial charge in [-0.05, 0) is 55.3 Å². The third-order valence-corrected chi connectivity index (χ3v) is 3.07. The molecule has 2 aromatic carbocycles. The Kier molecular flexibility index (Phi) is 2.33. The number of benzene rings is 2. The quantitative estimate of drug-likeness (QED) is 0.660. The molecule has 3 aromatic rings. The predicted molar refractivity (Wildman–Crippen MR) is 75.0 cm³/mol. The Labute approximate surface area is 106 Å². The van der Waals surface area contributed by atoms with E-state index in [0.717, 1.165) is 28.0 Å². The lowest BCUT2D eigenvalue weighted by Gasteiger charge is -2.07. The summed E-state index contributed by atoms with van der Waals surface area (Å²) in [6, 6.07) is 12.3. The topological polar surface area (TPSA) is 43.8 Å². The molecule has 3 nitrogen and oxygen atoms in total. The molecule has 90 valence electrons. The summed E-state index contributed by atoms with van der Waals surface area (Å²) in [5.74, 6) is 0. The van der Waals surface area contributed by atoms with Gasteiger partial charge in [0.2, 0.25) is 0 Å². The van der Waals surface area contributed by atoms with E-state index in [9.17, 15) is 0 Å². The van der Waals surface area contributed by atoms with Gasteiger partial charge in [0.1, 0.15) is 6.33 Å². The van der Waals surface area contributed by atoms with Gasteiger partial charge in [-0.15, -0.1) is 0 Å². The third-order valence-electron chi connectivity index (χ3n) is 3.07. The van der Waals surface area contributed by atoms with E-state index in [4.69, 9.17) is 5.73 Å². The van der Waals surface area contributed by atoms with Crippen LogP contribution in [0.15, 0.2) is 42.7 Å². The molecule has 0 bridgehead atoms. The number of aromatic nitrogens is 2. The molecule has 0 saturated carbocycles. The van der Waals surface area contributed by atoms with Crippen molar-refractivity contribution in [1.82, 2.24) is 9.55 Å². The first-order valence-corrected chi connectivity index (χ1v) is 5.95. The van der Waals surface area contributed by atoms with E-state index >= 15 is 0 Å². The highest BCUT2D eigenvalue weighted by molar-refractivity contribution is 5.78. The molecule has 0 radical (unpaired) electrons. The van der Waals surface area contributed by atoms with Gasteiger partial charge in [0.15, 0.2) is 0 Å². The van der Waals surface area contributed by atoms with Crippen molar-refractivity contribution in [1.29, 1.82) is 0 Å². The SMILES string of the molecule is Cc1cc(N)cc(-n2cnc3cc(C)ccc32)c1. The molecular weight excluding hydrogens is 222 g/mol. The minimum atomic E-state index is 0.777. The first-order valence-electron chi connectivity index (χ1n) is 5.95. The highest BCUT2D eigenvalue weighted by atomic mass is 15.0. The molecule has 1 aromatic heterocycles. The fourth-order valence-corrected chi connectivity index (χ4v) is 2.26. The van der Waals surface area contributed by atoms with Crippen molar-refractivity contribution < 1.29 is 0 Å². The number of hydrogen-bond acceptors (Lipinski definition) is 2. The Morgan fingerprint density at radius 3 is 2.61 bits per heavy atom. The van der Waals surface area contributed by atoms with Crippen LogP contribution in [0.5, 0.6) is 0 Å². The fraction of sp³-hybridized carbons (Fsp3) is 0.133. The van der Waals surface area contributed by atoms with Crippen LogP contribution >= 0.6 is 0 Å². The molecular formula is C15H15N3. The minimum Gasteiger partial charge on any atom is -0.399 e. The number of anilines is 1. The second-order valence-corrected chi connectivity index (χ2v) is 4.71. The van der Waals surface area contributed by atoms with E-state index in [1.54, 1.807) is 0 Å². The van der Waals surface area contributed by atoms with Crippen LogP contribution in [0.1, 0.15) is 11.1 Å². The van der Waals surface area contributed by atoms with Crippen molar-refractivity contribution in [3.63, 3.8) is 0 Å². The highest BCUT2D eigenvalue weighted by Crippen LogP contribution is 2.21. The molecule has 1 heterocycles. The van der Waals surface area contributed by atoms with E-state index in [2.05, 4.69) is 40.7 Å². The summed E-state index contributed by atoms with van der Waals surface area (Å²) < 4.78 is 2.07. The highest BCUT2D eigenvalue weighted by Gasteiger charge is 2.05. The van der Waals surface area contributed by atoms with Gasteiger partial charge in [0, 0.05) is 11.4 Å². The van der Waals surface area contributed by atoms with Gasteiger partial charge in [-0.25, -0.2) is 4.98 Å². The minimum absolute atomic E-state index is 0.777. The van der Waals surface area contributed by atoms with E-state index < -0.39 is 0 Å². The van der Waals surface area contributed by atoms with Crippen LogP contribution < -0.4 is 5.73 Å². The van der Waals surface area contributed by atoms with Crippen LogP contribution in [0.2, 0.25) is 0 Å². The molecule has 0 aliphatic rings. The summed E-state index contributed by atoms with van der Waals surface area (Å²) in [7, 11) is 0. The normalized spacial score (nSPS) is 11.0. The molecule has 0 aliphatic carbocycles. The third kappa shape index (κ3) is 1.74. The number of nitrogens with two attached hydrogens (primary N) is 1. The zero-order valence-electron chi connectivity index (χ0n) is 10.5. The van der Waals surface area contributed by atoms with Crippen molar-refractivity contribution in [2.45, 2.75) is 13.8 Å². The number of aryl methyl sites for hydroxylation is 2. The zero-order chi connectivity index (χ0) is 12.7. The van der Waals surface area contributed by atoms with Gasteiger partial charge >= 0.3 is 0 Å². The van der Waals surface area contributed by atoms with Crippen molar-refractivity contribution in [2.75, 3.05) is 5.73 Å². The Hall–Kier alpha value is -2.29. The summed E-state index contributed by atoms with van der Waals surface area (Å²) in [6.07, 6.45) is 1.85. The van der Waals surface area contributed by atoms with Gasteiger partial charge in [-0.1, -0.05) is 6.07 Å². The predicted octanol–water partition coefficient (Wildman–Crippen LogP) is 3.22.